The van der Waals surface area contributed by atoms with Crippen molar-refractivity contribution in [3.05, 3.63) is 152 Å². The lowest BCUT2D eigenvalue weighted by molar-refractivity contribution is 0.668. The molecule has 0 aliphatic carbocycles. The molecule has 0 aliphatic rings. The average Bonchev–Trinajstić information content (AvgIpc) is 3.80. The molecule has 0 atom stereocenters. The maximum absolute atomic E-state index is 6.75. The molecule has 0 amide bonds. The lowest BCUT2D eigenvalue weighted by Crippen LogP contribution is -2.10. The molecule has 0 radical (unpaired) electrons. The van der Waals surface area contributed by atoms with E-state index in [-0.39, 0.29) is 0 Å². The molecule has 216 valence electrons. The Morgan fingerprint density at radius 1 is 0.457 bits per heavy atom. The summed E-state index contributed by atoms with van der Waals surface area (Å²) in [7, 11) is 0. The van der Waals surface area contributed by atoms with Crippen molar-refractivity contribution in [2.75, 3.05) is 4.90 Å². The first kappa shape index (κ1) is 25.5. The van der Waals surface area contributed by atoms with E-state index in [1.807, 2.05) is 23.5 Å². The minimum Gasteiger partial charge on any atom is -0.456 e. The van der Waals surface area contributed by atoms with E-state index in [9.17, 15) is 0 Å². The van der Waals surface area contributed by atoms with E-state index in [1.165, 1.54) is 25.6 Å². The molecule has 0 N–H and O–H groups in total. The number of furan rings is 2. The Morgan fingerprint density at radius 3 is 1.76 bits per heavy atom. The average molecular weight is 608 g/mol. The van der Waals surface area contributed by atoms with Gasteiger partial charge in [0.25, 0.3) is 0 Å². The Balaban J connectivity index is 1.36. The molecular weight excluding hydrogens is 583 g/mol. The Kier molecular flexibility index (Phi) is 5.45. The van der Waals surface area contributed by atoms with Crippen LogP contribution in [0, 0.1) is 0 Å². The second-order valence-electron chi connectivity index (χ2n) is 11.7. The monoisotopic (exact) mass is 607 g/mol. The summed E-state index contributed by atoms with van der Waals surface area (Å²) in [6, 6.07) is 53.3. The summed E-state index contributed by atoms with van der Waals surface area (Å²) < 4.78 is 15.9. The van der Waals surface area contributed by atoms with Gasteiger partial charge >= 0.3 is 0 Å². The summed E-state index contributed by atoms with van der Waals surface area (Å²) in [6.45, 7) is 0. The summed E-state index contributed by atoms with van der Waals surface area (Å²) in [4.78, 5) is 2.34. The molecule has 10 aromatic rings. The zero-order valence-electron chi connectivity index (χ0n) is 24.6. The van der Waals surface area contributed by atoms with Gasteiger partial charge in [0.15, 0.2) is 0 Å². The normalized spacial score (nSPS) is 11.9. The van der Waals surface area contributed by atoms with Crippen LogP contribution in [0.3, 0.4) is 0 Å². The van der Waals surface area contributed by atoms with Crippen LogP contribution in [-0.2, 0) is 0 Å². The van der Waals surface area contributed by atoms with Crippen molar-refractivity contribution >= 4 is 92.4 Å². The summed E-state index contributed by atoms with van der Waals surface area (Å²) in [5.41, 5.74) is 8.78. The lowest BCUT2D eigenvalue weighted by atomic mass is 9.96. The van der Waals surface area contributed by atoms with Gasteiger partial charge in [-0.3, -0.25) is 0 Å². The van der Waals surface area contributed by atoms with Gasteiger partial charge in [-0.15, -0.1) is 11.3 Å². The van der Waals surface area contributed by atoms with Gasteiger partial charge in [-0.05, 0) is 66.2 Å². The minimum absolute atomic E-state index is 0.838. The van der Waals surface area contributed by atoms with Crippen molar-refractivity contribution in [1.29, 1.82) is 0 Å². The van der Waals surface area contributed by atoms with E-state index in [4.69, 9.17) is 8.83 Å². The van der Waals surface area contributed by atoms with Crippen LogP contribution >= 0.6 is 11.3 Å². The third-order valence-corrected chi connectivity index (χ3v) is 10.2. The predicted molar refractivity (Wildman–Crippen MR) is 194 cm³/mol. The zero-order valence-corrected chi connectivity index (χ0v) is 25.4. The second kappa shape index (κ2) is 9.83. The van der Waals surface area contributed by atoms with Gasteiger partial charge < -0.3 is 13.7 Å². The van der Waals surface area contributed by atoms with Crippen LogP contribution in [-0.4, -0.2) is 0 Å². The van der Waals surface area contributed by atoms with Gasteiger partial charge in [0.1, 0.15) is 22.3 Å². The molecule has 3 aromatic heterocycles. The van der Waals surface area contributed by atoms with Gasteiger partial charge in [-0.2, -0.15) is 0 Å². The zero-order chi connectivity index (χ0) is 30.2. The van der Waals surface area contributed by atoms with E-state index < -0.39 is 0 Å². The first-order chi connectivity index (χ1) is 22.8. The number of para-hydroxylation sites is 4. The predicted octanol–water partition coefficient (Wildman–Crippen LogP) is 13.0. The van der Waals surface area contributed by atoms with Gasteiger partial charge in [-0.1, -0.05) is 91.0 Å². The smallest absolute Gasteiger partial charge is 0.144 e. The SMILES string of the molecule is c1ccc(N(c2ccccc2)c2cc(-c3cc4c5ccccc5sc4c4c3oc3ccccc34)cc3oc4ccccc4c23)cc1. The number of hydrogen-bond acceptors (Lipinski definition) is 4. The summed E-state index contributed by atoms with van der Waals surface area (Å²) in [6.07, 6.45) is 0. The standard InChI is InChI=1S/C42H25NO2S/c1-3-13-27(14-4-1)43(28-15-5-2-6-16-28)34-23-26(24-37-39(34)30-18-7-10-20-35(30)44-37)32-25-33-29-17-9-12-22-38(29)46-42(33)40-31-19-8-11-21-36(31)45-41(32)40/h1-25H. The Labute approximate surface area is 268 Å². The number of thiophene rings is 1. The molecule has 0 fully saturated rings. The van der Waals surface area contributed by atoms with Crippen LogP contribution in [0.25, 0.3) is 75.2 Å². The number of hydrogen-bond donors (Lipinski definition) is 0. The second-order valence-corrected chi connectivity index (χ2v) is 12.7. The van der Waals surface area contributed by atoms with E-state index in [0.717, 1.165) is 66.7 Å². The molecule has 0 unspecified atom stereocenters. The van der Waals surface area contributed by atoms with Crippen molar-refractivity contribution in [3.63, 3.8) is 0 Å². The summed E-state index contributed by atoms with van der Waals surface area (Å²) >= 11 is 1.84. The van der Waals surface area contributed by atoms with Crippen molar-refractivity contribution < 1.29 is 8.83 Å². The molecule has 0 aliphatic heterocycles. The fourth-order valence-electron chi connectivity index (χ4n) is 7.03. The maximum Gasteiger partial charge on any atom is 0.144 e. The third kappa shape index (κ3) is 3.71. The number of rotatable bonds is 4. The molecule has 4 heteroatoms. The topological polar surface area (TPSA) is 29.5 Å². The molecular formula is C42H25NO2S. The van der Waals surface area contributed by atoms with Crippen molar-refractivity contribution in [3.8, 4) is 11.1 Å². The minimum atomic E-state index is 0.838. The highest BCUT2D eigenvalue weighted by Crippen LogP contribution is 2.49. The first-order valence-electron chi connectivity index (χ1n) is 15.4. The van der Waals surface area contributed by atoms with Gasteiger partial charge in [-0.25, -0.2) is 0 Å². The number of anilines is 3. The Bertz CT molecular complexity index is 2710. The largest absolute Gasteiger partial charge is 0.456 e. The molecule has 46 heavy (non-hydrogen) atoms. The Morgan fingerprint density at radius 2 is 1.04 bits per heavy atom. The highest BCUT2D eigenvalue weighted by atomic mass is 32.1. The van der Waals surface area contributed by atoms with Gasteiger partial charge in [0.2, 0.25) is 0 Å². The van der Waals surface area contributed by atoms with Crippen LogP contribution in [0.4, 0.5) is 17.1 Å². The van der Waals surface area contributed by atoms with Gasteiger partial charge in [0, 0.05) is 53.3 Å². The molecule has 7 aromatic carbocycles. The number of benzene rings is 7. The molecule has 3 heterocycles. The van der Waals surface area contributed by atoms with Crippen LogP contribution in [0.15, 0.2) is 160 Å². The Hall–Kier alpha value is -5.84. The van der Waals surface area contributed by atoms with Crippen LogP contribution in [0.1, 0.15) is 0 Å². The molecule has 0 bridgehead atoms. The van der Waals surface area contributed by atoms with E-state index >= 15 is 0 Å². The van der Waals surface area contributed by atoms with Crippen LogP contribution < -0.4 is 4.90 Å². The lowest BCUT2D eigenvalue weighted by Gasteiger charge is -2.26. The highest BCUT2D eigenvalue weighted by molar-refractivity contribution is 7.26. The van der Waals surface area contributed by atoms with Crippen LogP contribution in [0.5, 0.6) is 0 Å². The molecule has 3 nitrogen and oxygen atoms in total. The number of nitrogens with zero attached hydrogens (tertiary/aromatic N) is 1. The fraction of sp³-hybridized carbons (Fsp3) is 0. The summed E-state index contributed by atoms with van der Waals surface area (Å²) in [5.74, 6) is 0. The van der Waals surface area contributed by atoms with Crippen molar-refractivity contribution in [1.82, 2.24) is 0 Å². The van der Waals surface area contributed by atoms with E-state index in [0.29, 0.717) is 0 Å². The van der Waals surface area contributed by atoms with E-state index in [2.05, 4.69) is 144 Å². The molecule has 0 saturated carbocycles. The summed E-state index contributed by atoms with van der Waals surface area (Å²) in [5, 5.41) is 6.97. The molecule has 0 saturated heterocycles. The molecule has 0 spiro atoms. The maximum atomic E-state index is 6.75. The highest BCUT2D eigenvalue weighted by Gasteiger charge is 2.24. The quantitative estimate of drug-likeness (QED) is 0.199. The fourth-order valence-corrected chi connectivity index (χ4v) is 8.26. The van der Waals surface area contributed by atoms with E-state index in [1.54, 1.807) is 0 Å². The van der Waals surface area contributed by atoms with Crippen LogP contribution in [0.2, 0.25) is 0 Å². The van der Waals surface area contributed by atoms with Gasteiger partial charge in [0.05, 0.1) is 11.1 Å². The van der Waals surface area contributed by atoms with Crippen molar-refractivity contribution in [2.45, 2.75) is 0 Å². The number of fused-ring (bicyclic) bond motifs is 10. The first-order valence-corrected chi connectivity index (χ1v) is 16.2. The van der Waals surface area contributed by atoms with Crippen molar-refractivity contribution in [2.24, 2.45) is 0 Å². The molecule has 10 rings (SSSR count). The third-order valence-electron chi connectivity index (χ3n) is 9.03.